The van der Waals surface area contributed by atoms with Crippen LogP contribution in [0.2, 0.25) is 0 Å². The highest BCUT2D eigenvalue weighted by Gasteiger charge is 2.33. The number of aryl methyl sites for hydroxylation is 1. The quantitative estimate of drug-likeness (QED) is 0.282. The molecule has 43 heavy (non-hydrogen) atoms. The summed E-state index contributed by atoms with van der Waals surface area (Å²) in [7, 11) is 0. The summed E-state index contributed by atoms with van der Waals surface area (Å²) in [4.78, 5) is 28.7. The fourth-order valence-electron chi connectivity index (χ4n) is 6.76. The number of anilines is 1. The van der Waals surface area contributed by atoms with Crippen molar-refractivity contribution in [3.05, 3.63) is 129 Å². The van der Waals surface area contributed by atoms with Crippen LogP contribution < -0.4 is 15.5 Å². The zero-order valence-electron chi connectivity index (χ0n) is 24.9. The molecule has 220 valence electrons. The number of nitrogens with one attached hydrogen (secondary N) is 2. The van der Waals surface area contributed by atoms with Gasteiger partial charge in [-0.3, -0.25) is 9.59 Å². The molecule has 4 aromatic carbocycles. The van der Waals surface area contributed by atoms with E-state index in [0.717, 1.165) is 51.9 Å². The zero-order valence-corrected chi connectivity index (χ0v) is 24.9. The van der Waals surface area contributed by atoms with Gasteiger partial charge in [-0.15, -0.1) is 0 Å². The summed E-state index contributed by atoms with van der Waals surface area (Å²) in [6.07, 6.45) is 3.45. The molecule has 0 aliphatic carbocycles. The molecule has 2 atom stereocenters. The fraction of sp³-hybridized carbons (Fsp3) is 0.297. The first-order chi connectivity index (χ1) is 20.9. The lowest BCUT2D eigenvalue weighted by molar-refractivity contribution is -0.123. The van der Waals surface area contributed by atoms with Gasteiger partial charge in [0.25, 0.3) is 0 Å². The second-order valence-electron chi connectivity index (χ2n) is 11.9. The van der Waals surface area contributed by atoms with Crippen LogP contribution in [0.4, 0.5) is 5.69 Å². The SMILES string of the molecule is CC(=O)N1CCC(NC(=O)C2Cc3c(C)cc(O)cc3CCN2)c2cc(Cc3ccccc3)cc(Cc3ccccc3)c21. The Labute approximate surface area is 253 Å². The maximum Gasteiger partial charge on any atom is 0.237 e. The van der Waals surface area contributed by atoms with Gasteiger partial charge in [0.15, 0.2) is 0 Å². The Bertz CT molecular complexity index is 1630. The Morgan fingerprint density at radius 2 is 1.63 bits per heavy atom. The summed E-state index contributed by atoms with van der Waals surface area (Å²) in [5.41, 5.74) is 9.82. The minimum absolute atomic E-state index is 0.0110. The lowest BCUT2D eigenvalue weighted by atomic mass is 9.87. The second-order valence-corrected chi connectivity index (χ2v) is 11.9. The van der Waals surface area contributed by atoms with E-state index in [-0.39, 0.29) is 29.6 Å². The molecule has 0 radical (unpaired) electrons. The topological polar surface area (TPSA) is 81.7 Å². The van der Waals surface area contributed by atoms with Crippen molar-refractivity contribution in [2.75, 3.05) is 18.0 Å². The third kappa shape index (κ3) is 6.35. The molecule has 0 bridgehead atoms. The third-order valence-corrected chi connectivity index (χ3v) is 8.81. The summed E-state index contributed by atoms with van der Waals surface area (Å²) in [6, 6.07) is 28.2. The number of carbonyl (C=O) groups excluding carboxylic acids is 2. The predicted molar refractivity (Wildman–Crippen MR) is 171 cm³/mol. The number of carbonyl (C=O) groups is 2. The summed E-state index contributed by atoms with van der Waals surface area (Å²) in [5.74, 6) is 0.244. The van der Waals surface area contributed by atoms with Crippen LogP contribution in [-0.2, 0) is 35.3 Å². The first-order valence-corrected chi connectivity index (χ1v) is 15.2. The molecule has 0 fully saturated rings. The summed E-state index contributed by atoms with van der Waals surface area (Å²) in [5, 5.41) is 16.9. The average Bonchev–Trinajstić information content (AvgIpc) is 3.21. The van der Waals surface area contributed by atoms with Crippen molar-refractivity contribution in [2.24, 2.45) is 0 Å². The van der Waals surface area contributed by atoms with Crippen LogP contribution in [-0.4, -0.2) is 36.1 Å². The van der Waals surface area contributed by atoms with Crippen LogP contribution in [0.1, 0.15) is 63.9 Å². The van der Waals surface area contributed by atoms with Crippen LogP contribution in [0.15, 0.2) is 84.9 Å². The number of phenolic OH excluding ortho intramolecular Hbond substituents is 1. The molecule has 4 aromatic rings. The Hall–Kier alpha value is -4.42. The first kappa shape index (κ1) is 28.7. The Balaban J connectivity index is 1.36. The maximum atomic E-state index is 13.9. The highest BCUT2D eigenvalue weighted by Crippen LogP contribution is 2.39. The number of amides is 2. The van der Waals surface area contributed by atoms with E-state index in [1.165, 1.54) is 11.1 Å². The van der Waals surface area contributed by atoms with Crippen molar-refractivity contribution in [1.29, 1.82) is 0 Å². The van der Waals surface area contributed by atoms with Gasteiger partial charge in [0.1, 0.15) is 5.75 Å². The number of aromatic hydroxyl groups is 1. The van der Waals surface area contributed by atoms with Crippen molar-refractivity contribution in [3.8, 4) is 5.75 Å². The van der Waals surface area contributed by atoms with Gasteiger partial charge in [-0.25, -0.2) is 0 Å². The monoisotopic (exact) mass is 573 g/mol. The molecule has 3 N–H and O–H groups in total. The van der Waals surface area contributed by atoms with Crippen LogP contribution in [0.5, 0.6) is 5.75 Å². The van der Waals surface area contributed by atoms with Crippen molar-refractivity contribution in [3.63, 3.8) is 0 Å². The highest BCUT2D eigenvalue weighted by atomic mass is 16.3. The molecule has 0 saturated heterocycles. The van der Waals surface area contributed by atoms with Gasteiger partial charge < -0.3 is 20.6 Å². The van der Waals surface area contributed by atoms with Gasteiger partial charge in [0.2, 0.25) is 11.8 Å². The number of fused-ring (bicyclic) bond motifs is 2. The van der Waals surface area contributed by atoms with Gasteiger partial charge in [-0.05, 0) is 102 Å². The molecule has 2 unspecified atom stereocenters. The molecular formula is C37H39N3O3. The molecule has 0 saturated carbocycles. The van der Waals surface area contributed by atoms with Gasteiger partial charge in [0.05, 0.1) is 17.8 Å². The zero-order chi connectivity index (χ0) is 29.9. The number of hydrogen-bond donors (Lipinski definition) is 3. The van der Waals surface area contributed by atoms with E-state index in [9.17, 15) is 14.7 Å². The van der Waals surface area contributed by atoms with Crippen molar-refractivity contribution in [1.82, 2.24) is 10.6 Å². The Kier molecular flexibility index (Phi) is 8.30. The van der Waals surface area contributed by atoms with Crippen molar-refractivity contribution < 1.29 is 14.7 Å². The summed E-state index contributed by atoms with van der Waals surface area (Å²) < 4.78 is 0. The molecule has 6 rings (SSSR count). The molecule has 2 aliphatic rings. The second kappa shape index (κ2) is 12.4. The first-order valence-electron chi connectivity index (χ1n) is 15.2. The van der Waals surface area contributed by atoms with E-state index < -0.39 is 0 Å². The molecule has 6 heteroatoms. The average molecular weight is 574 g/mol. The van der Waals surface area contributed by atoms with Gasteiger partial charge >= 0.3 is 0 Å². The molecule has 2 amide bonds. The summed E-state index contributed by atoms with van der Waals surface area (Å²) in [6.45, 7) is 4.83. The van der Waals surface area contributed by atoms with Crippen LogP contribution >= 0.6 is 0 Å². The Morgan fingerprint density at radius 3 is 2.33 bits per heavy atom. The molecule has 2 heterocycles. The number of hydrogen-bond acceptors (Lipinski definition) is 4. The van der Waals surface area contributed by atoms with E-state index in [4.69, 9.17) is 0 Å². The minimum atomic E-state index is -0.380. The third-order valence-electron chi connectivity index (χ3n) is 8.81. The fourth-order valence-corrected chi connectivity index (χ4v) is 6.76. The van der Waals surface area contributed by atoms with Gasteiger partial charge in [-0.2, -0.15) is 0 Å². The van der Waals surface area contributed by atoms with E-state index in [1.54, 1.807) is 13.0 Å². The van der Waals surface area contributed by atoms with E-state index in [2.05, 4.69) is 59.2 Å². The van der Waals surface area contributed by atoms with E-state index in [1.807, 2.05) is 42.2 Å². The van der Waals surface area contributed by atoms with Gasteiger partial charge in [0, 0.05) is 13.5 Å². The number of rotatable bonds is 6. The molecule has 2 aliphatic heterocycles. The Morgan fingerprint density at radius 1 is 0.930 bits per heavy atom. The number of phenols is 1. The lowest BCUT2D eigenvalue weighted by Gasteiger charge is -2.37. The van der Waals surface area contributed by atoms with E-state index in [0.29, 0.717) is 32.4 Å². The number of nitrogens with zero attached hydrogens (tertiary/aromatic N) is 1. The molecular weight excluding hydrogens is 534 g/mol. The molecule has 6 nitrogen and oxygen atoms in total. The van der Waals surface area contributed by atoms with E-state index >= 15 is 0 Å². The largest absolute Gasteiger partial charge is 0.508 e. The molecule has 0 spiro atoms. The molecule has 0 aromatic heterocycles. The van der Waals surface area contributed by atoms with Crippen LogP contribution in [0.3, 0.4) is 0 Å². The standard InChI is InChI=1S/C37H39N3O3/c1-24-17-31(42)22-29-13-15-38-35(23-32(24)29)37(43)39-34-14-16-40(25(2)41)36-30(19-27-11-7-4-8-12-27)20-28(21-33(34)36)18-26-9-5-3-6-10-26/h3-12,17,20-22,34-35,38,42H,13-16,18-19,23H2,1-2H3,(H,39,43). The van der Waals surface area contributed by atoms with Crippen LogP contribution in [0.25, 0.3) is 0 Å². The van der Waals surface area contributed by atoms with Crippen LogP contribution in [0, 0.1) is 6.92 Å². The summed E-state index contributed by atoms with van der Waals surface area (Å²) >= 11 is 0. The van der Waals surface area contributed by atoms with Gasteiger partial charge in [-0.1, -0.05) is 72.8 Å². The predicted octanol–water partition coefficient (Wildman–Crippen LogP) is 5.55. The lowest BCUT2D eigenvalue weighted by Crippen LogP contribution is -2.48. The van der Waals surface area contributed by atoms with Crippen molar-refractivity contribution in [2.45, 2.75) is 58.0 Å². The van der Waals surface area contributed by atoms with Crippen molar-refractivity contribution >= 4 is 17.5 Å². The smallest absolute Gasteiger partial charge is 0.237 e. The normalized spacial score (nSPS) is 17.9. The highest BCUT2D eigenvalue weighted by molar-refractivity contribution is 5.94. The maximum absolute atomic E-state index is 13.9. The number of benzene rings is 4. The minimum Gasteiger partial charge on any atom is -0.508 e.